The van der Waals surface area contributed by atoms with E-state index in [0.29, 0.717) is 6.61 Å². The summed E-state index contributed by atoms with van der Waals surface area (Å²) >= 11 is 0. The minimum atomic E-state index is -0.662. The number of amides is 1. The van der Waals surface area contributed by atoms with Crippen LogP contribution in [0.25, 0.3) is 0 Å². The highest BCUT2D eigenvalue weighted by atomic mass is 16.6. The van der Waals surface area contributed by atoms with Crippen LogP contribution in [0.15, 0.2) is 0 Å². The van der Waals surface area contributed by atoms with Gasteiger partial charge < -0.3 is 14.8 Å². The predicted octanol–water partition coefficient (Wildman–Crippen LogP) is 1.57. The quantitative estimate of drug-likeness (QED) is 0.729. The highest BCUT2D eigenvalue weighted by Crippen LogP contribution is 2.04. The summed E-state index contributed by atoms with van der Waals surface area (Å²) in [6, 6.07) is -0.662. The zero-order valence-electron chi connectivity index (χ0n) is 10.6. The largest absolute Gasteiger partial charge is 0.467 e. The minimum absolute atomic E-state index is 0.0425. The van der Waals surface area contributed by atoms with Crippen molar-refractivity contribution in [1.82, 2.24) is 5.32 Å². The normalized spacial score (nSPS) is 12.4. The first-order valence-electron chi connectivity index (χ1n) is 5.39. The highest BCUT2D eigenvalue weighted by Gasteiger charge is 2.25. The maximum atomic E-state index is 11.3. The summed E-state index contributed by atoms with van der Waals surface area (Å²) in [6.07, 6.45) is -0.585. The lowest BCUT2D eigenvalue weighted by atomic mass is 10.1. The number of hydrogen-bond acceptors (Lipinski definition) is 4. The van der Waals surface area contributed by atoms with Crippen molar-refractivity contribution in [3.8, 4) is 0 Å². The van der Waals surface area contributed by atoms with Gasteiger partial charge in [-0.25, -0.2) is 9.59 Å². The van der Waals surface area contributed by atoms with Crippen molar-refractivity contribution in [2.75, 3.05) is 13.7 Å². The van der Waals surface area contributed by atoms with Gasteiger partial charge in [0.2, 0.25) is 0 Å². The molecule has 1 N–H and O–H groups in total. The first kappa shape index (κ1) is 14.7. The Balaban J connectivity index is 4.19. The lowest BCUT2D eigenvalue weighted by Crippen LogP contribution is -2.45. The Labute approximate surface area is 96.5 Å². The van der Waals surface area contributed by atoms with E-state index in [-0.39, 0.29) is 11.8 Å². The summed E-state index contributed by atoms with van der Waals surface area (Å²) in [7, 11) is 1.29. The number of carbonyl (C=O) groups excluding carboxylic acids is 2. The third-order valence-electron chi connectivity index (χ3n) is 1.94. The second-order valence-electron chi connectivity index (χ2n) is 4.38. The molecule has 0 aromatic heterocycles. The van der Waals surface area contributed by atoms with Crippen LogP contribution in [0.4, 0.5) is 4.79 Å². The molecule has 0 unspecified atom stereocenters. The van der Waals surface area contributed by atoms with Gasteiger partial charge in [-0.05, 0) is 11.8 Å². The van der Waals surface area contributed by atoms with Gasteiger partial charge in [-0.3, -0.25) is 0 Å². The van der Waals surface area contributed by atoms with Gasteiger partial charge in [-0.1, -0.05) is 27.7 Å². The average molecular weight is 231 g/mol. The fraction of sp³-hybridized carbons (Fsp3) is 0.818. The number of ether oxygens (including phenoxy) is 2. The van der Waals surface area contributed by atoms with E-state index in [0.717, 1.165) is 0 Å². The van der Waals surface area contributed by atoms with Crippen molar-refractivity contribution in [1.29, 1.82) is 0 Å². The van der Waals surface area contributed by atoms with Crippen LogP contribution in [-0.4, -0.2) is 31.8 Å². The Kier molecular flexibility index (Phi) is 6.53. The maximum Gasteiger partial charge on any atom is 0.407 e. The Bertz CT molecular complexity index is 238. The molecule has 1 atom stereocenters. The average Bonchev–Trinajstić information content (AvgIpc) is 2.21. The second kappa shape index (κ2) is 7.09. The Morgan fingerprint density at radius 1 is 1.19 bits per heavy atom. The summed E-state index contributed by atoms with van der Waals surface area (Å²) < 4.78 is 9.51. The summed E-state index contributed by atoms with van der Waals surface area (Å²) in [5, 5.41) is 2.49. The van der Waals surface area contributed by atoms with Crippen molar-refractivity contribution >= 4 is 12.1 Å². The number of nitrogens with one attached hydrogen (secondary N) is 1. The number of alkyl carbamates (subject to hydrolysis) is 1. The van der Waals surface area contributed by atoms with Gasteiger partial charge >= 0.3 is 12.1 Å². The van der Waals surface area contributed by atoms with Crippen LogP contribution in [0.2, 0.25) is 0 Å². The van der Waals surface area contributed by atoms with Crippen molar-refractivity contribution in [3.63, 3.8) is 0 Å². The molecule has 0 saturated carbocycles. The number of hydrogen-bond donors (Lipinski definition) is 1. The molecule has 0 aromatic carbocycles. The van der Waals surface area contributed by atoms with E-state index >= 15 is 0 Å². The fourth-order valence-corrected chi connectivity index (χ4v) is 1.04. The molecule has 0 rings (SSSR count). The van der Waals surface area contributed by atoms with Crippen LogP contribution < -0.4 is 5.32 Å². The molecule has 0 saturated heterocycles. The number of rotatable bonds is 5. The topological polar surface area (TPSA) is 64.6 Å². The van der Waals surface area contributed by atoms with Crippen LogP contribution in [0.5, 0.6) is 0 Å². The summed E-state index contributed by atoms with van der Waals surface area (Å²) in [6.45, 7) is 7.85. The van der Waals surface area contributed by atoms with Crippen LogP contribution in [0, 0.1) is 11.8 Å². The molecule has 0 aromatic rings. The molecule has 16 heavy (non-hydrogen) atoms. The summed E-state index contributed by atoms with van der Waals surface area (Å²) in [4.78, 5) is 22.7. The molecule has 94 valence electrons. The number of methoxy groups -OCH3 is 1. The lowest BCUT2D eigenvalue weighted by Gasteiger charge is -2.19. The highest BCUT2D eigenvalue weighted by molar-refractivity contribution is 5.81. The minimum Gasteiger partial charge on any atom is -0.467 e. The molecule has 0 aliphatic rings. The third-order valence-corrected chi connectivity index (χ3v) is 1.94. The molecule has 5 heteroatoms. The van der Waals surface area contributed by atoms with Crippen molar-refractivity contribution in [2.24, 2.45) is 11.8 Å². The van der Waals surface area contributed by atoms with Crippen molar-refractivity contribution in [2.45, 2.75) is 33.7 Å². The van der Waals surface area contributed by atoms with Gasteiger partial charge in [0.05, 0.1) is 13.7 Å². The SMILES string of the molecule is COC(=O)[C@@H](NC(=O)OCC(C)C)C(C)C. The van der Waals surface area contributed by atoms with Crippen LogP contribution in [0.3, 0.4) is 0 Å². The second-order valence-corrected chi connectivity index (χ2v) is 4.38. The summed E-state index contributed by atoms with van der Waals surface area (Å²) in [5.41, 5.74) is 0. The van der Waals surface area contributed by atoms with E-state index in [1.165, 1.54) is 7.11 Å². The Morgan fingerprint density at radius 2 is 1.75 bits per heavy atom. The molecular weight excluding hydrogens is 210 g/mol. The van der Waals surface area contributed by atoms with Gasteiger partial charge in [0.15, 0.2) is 0 Å². The number of esters is 1. The Hall–Kier alpha value is -1.26. The van der Waals surface area contributed by atoms with Gasteiger partial charge in [-0.15, -0.1) is 0 Å². The maximum absolute atomic E-state index is 11.3. The first-order chi connectivity index (χ1) is 7.38. The van der Waals surface area contributed by atoms with E-state index < -0.39 is 18.1 Å². The first-order valence-corrected chi connectivity index (χ1v) is 5.39. The van der Waals surface area contributed by atoms with Gasteiger partial charge in [0.1, 0.15) is 6.04 Å². The van der Waals surface area contributed by atoms with E-state index in [9.17, 15) is 9.59 Å². The molecule has 0 radical (unpaired) electrons. The van der Waals surface area contributed by atoms with Gasteiger partial charge in [-0.2, -0.15) is 0 Å². The molecule has 0 aliphatic carbocycles. The molecule has 0 spiro atoms. The zero-order chi connectivity index (χ0) is 12.7. The van der Waals surface area contributed by atoms with Crippen LogP contribution in [-0.2, 0) is 14.3 Å². The number of carbonyl (C=O) groups is 2. The molecular formula is C11H21NO4. The van der Waals surface area contributed by atoms with Crippen LogP contribution >= 0.6 is 0 Å². The van der Waals surface area contributed by atoms with E-state index in [1.807, 2.05) is 27.7 Å². The van der Waals surface area contributed by atoms with Crippen molar-refractivity contribution in [3.05, 3.63) is 0 Å². The van der Waals surface area contributed by atoms with Gasteiger partial charge in [0, 0.05) is 0 Å². The van der Waals surface area contributed by atoms with Gasteiger partial charge in [0.25, 0.3) is 0 Å². The molecule has 5 nitrogen and oxygen atoms in total. The molecule has 0 fully saturated rings. The molecule has 0 bridgehead atoms. The fourth-order valence-electron chi connectivity index (χ4n) is 1.04. The summed E-state index contributed by atoms with van der Waals surface area (Å²) in [5.74, 6) is -0.239. The zero-order valence-corrected chi connectivity index (χ0v) is 10.6. The van der Waals surface area contributed by atoms with Crippen LogP contribution in [0.1, 0.15) is 27.7 Å². The lowest BCUT2D eigenvalue weighted by molar-refractivity contribution is -0.144. The Morgan fingerprint density at radius 3 is 2.12 bits per heavy atom. The third kappa shape index (κ3) is 5.58. The van der Waals surface area contributed by atoms with Crippen molar-refractivity contribution < 1.29 is 19.1 Å². The van der Waals surface area contributed by atoms with E-state index in [1.54, 1.807) is 0 Å². The molecule has 0 aliphatic heterocycles. The van der Waals surface area contributed by atoms with E-state index in [4.69, 9.17) is 4.74 Å². The predicted molar refractivity (Wildman–Crippen MR) is 60.0 cm³/mol. The molecule has 0 heterocycles. The monoisotopic (exact) mass is 231 g/mol. The standard InChI is InChI=1S/C11H21NO4/c1-7(2)6-16-11(14)12-9(8(3)4)10(13)15-5/h7-9H,6H2,1-5H3,(H,12,14)/t9-/m0/s1. The smallest absolute Gasteiger partial charge is 0.407 e. The van der Waals surface area contributed by atoms with E-state index in [2.05, 4.69) is 10.1 Å². The molecule has 1 amide bonds.